The lowest BCUT2D eigenvalue weighted by molar-refractivity contribution is -0.144. The molecule has 0 radical (unpaired) electrons. The van der Waals surface area contributed by atoms with Crippen molar-refractivity contribution in [2.75, 3.05) is 45.3 Å². The number of ketones is 1. The second-order valence-corrected chi connectivity index (χ2v) is 8.00. The number of anilines is 1. The van der Waals surface area contributed by atoms with E-state index in [-0.39, 0.29) is 42.4 Å². The Bertz CT molecular complexity index is 1160. The topological polar surface area (TPSA) is 124 Å². The summed E-state index contributed by atoms with van der Waals surface area (Å²) in [4.78, 5) is 51.2. The number of nitrogens with one attached hydrogen (secondary N) is 1. The molecule has 2 amide bonds. The molecular weight excluding hydrogens is 456 g/mol. The number of nitrogens with zero attached hydrogens (tertiary/aromatic N) is 1. The van der Waals surface area contributed by atoms with Crippen molar-refractivity contribution in [3.05, 3.63) is 29.5 Å². The molecule has 0 spiro atoms. The maximum absolute atomic E-state index is 12.8. The Morgan fingerprint density at radius 1 is 1.11 bits per heavy atom. The first-order valence-corrected chi connectivity index (χ1v) is 11.4. The number of amides is 2. The molecule has 2 heterocycles. The van der Waals surface area contributed by atoms with E-state index in [2.05, 4.69) is 5.32 Å². The summed E-state index contributed by atoms with van der Waals surface area (Å²) in [5.41, 5.74) is 1.65. The van der Waals surface area contributed by atoms with Gasteiger partial charge < -0.3 is 28.8 Å². The van der Waals surface area contributed by atoms with Crippen LogP contribution >= 0.6 is 0 Å². The molecule has 3 rings (SSSR count). The summed E-state index contributed by atoms with van der Waals surface area (Å²) >= 11 is 0. The number of hydrogen-bond donors (Lipinski definition) is 1. The van der Waals surface area contributed by atoms with Crippen molar-refractivity contribution in [2.24, 2.45) is 0 Å². The summed E-state index contributed by atoms with van der Waals surface area (Å²) in [7, 11) is 1.46. The number of morpholine rings is 1. The van der Waals surface area contributed by atoms with Crippen LogP contribution in [-0.4, -0.2) is 68.5 Å². The zero-order valence-electron chi connectivity index (χ0n) is 20.4. The summed E-state index contributed by atoms with van der Waals surface area (Å²) in [6, 6.07) is 3.42. The number of furan rings is 1. The lowest BCUT2D eigenvalue weighted by Crippen LogP contribution is -2.39. The number of hydrogen-bond acceptors (Lipinski definition) is 8. The van der Waals surface area contributed by atoms with Gasteiger partial charge in [0.05, 0.1) is 44.4 Å². The highest BCUT2D eigenvalue weighted by molar-refractivity contribution is 6.15. The van der Waals surface area contributed by atoms with Gasteiger partial charge in [-0.1, -0.05) is 6.07 Å². The van der Waals surface area contributed by atoms with Crippen molar-refractivity contribution in [1.29, 1.82) is 0 Å². The largest absolute Gasteiger partial charge is 0.493 e. The van der Waals surface area contributed by atoms with E-state index in [0.717, 1.165) is 0 Å². The number of fused-ring (bicyclic) bond motifs is 1. The summed E-state index contributed by atoms with van der Waals surface area (Å²) in [5, 5.41) is 3.15. The first kappa shape index (κ1) is 26.0. The van der Waals surface area contributed by atoms with Gasteiger partial charge in [-0.25, -0.2) is 0 Å². The second kappa shape index (κ2) is 11.7. The predicted octanol–water partition coefficient (Wildman–Crippen LogP) is 3.19. The lowest BCUT2D eigenvalue weighted by atomic mass is 10.00. The molecule has 0 atom stereocenters. The van der Waals surface area contributed by atoms with Crippen molar-refractivity contribution in [1.82, 2.24) is 4.90 Å². The zero-order valence-corrected chi connectivity index (χ0v) is 20.4. The van der Waals surface area contributed by atoms with Gasteiger partial charge in [0.15, 0.2) is 22.9 Å². The normalized spacial score (nSPS) is 14.1. The van der Waals surface area contributed by atoms with Crippen LogP contribution in [0.2, 0.25) is 0 Å². The number of Topliss-reactive ketones (excluding diaryl/α,β-unsaturated/α-hetero) is 1. The predicted molar refractivity (Wildman–Crippen MR) is 128 cm³/mol. The number of carbonyl (C=O) groups is 4. The van der Waals surface area contributed by atoms with Crippen LogP contribution in [0.5, 0.6) is 5.75 Å². The maximum atomic E-state index is 12.8. The SMILES string of the molecule is CCOC(=O)CCC(=O)Nc1c(C(C)=O)oc2c(OC)ccc(/C(C)=C/C(=O)N3CCOCC3)c12. The molecule has 1 saturated heterocycles. The number of esters is 1. The van der Waals surface area contributed by atoms with Crippen molar-refractivity contribution >= 4 is 45.8 Å². The van der Waals surface area contributed by atoms with Gasteiger partial charge in [0.2, 0.25) is 11.8 Å². The number of ether oxygens (including phenoxy) is 3. The number of allylic oxidation sites excluding steroid dienone is 1. The third-order valence-electron chi connectivity index (χ3n) is 5.56. The van der Waals surface area contributed by atoms with Crippen LogP contribution in [0.25, 0.3) is 16.5 Å². The smallest absolute Gasteiger partial charge is 0.306 e. The molecule has 0 aliphatic carbocycles. The Morgan fingerprint density at radius 2 is 1.83 bits per heavy atom. The van der Waals surface area contributed by atoms with Crippen molar-refractivity contribution in [3.8, 4) is 5.75 Å². The van der Waals surface area contributed by atoms with E-state index in [9.17, 15) is 19.2 Å². The van der Waals surface area contributed by atoms with Gasteiger partial charge in [0, 0.05) is 32.5 Å². The van der Waals surface area contributed by atoms with Gasteiger partial charge in [0.25, 0.3) is 0 Å². The van der Waals surface area contributed by atoms with Crippen LogP contribution in [-0.2, 0) is 23.9 Å². The Morgan fingerprint density at radius 3 is 2.46 bits per heavy atom. The Kier molecular flexibility index (Phi) is 8.64. The molecule has 1 aliphatic rings. The van der Waals surface area contributed by atoms with Crippen LogP contribution < -0.4 is 10.1 Å². The Labute approximate surface area is 203 Å². The molecule has 35 heavy (non-hydrogen) atoms. The highest BCUT2D eigenvalue weighted by Gasteiger charge is 2.26. The summed E-state index contributed by atoms with van der Waals surface area (Å²) < 4.78 is 21.4. The first-order valence-electron chi connectivity index (χ1n) is 11.4. The fourth-order valence-electron chi connectivity index (χ4n) is 3.82. The molecule has 0 saturated carbocycles. The van der Waals surface area contributed by atoms with Gasteiger partial charge in [-0.3, -0.25) is 19.2 Å². The number of rotatable bonds is 9. The Hall–Kier alpha value is -3.66. The van der Waals surface area contributed by atoms with E-state index in [0.29, 0.717) is 48.6 Å². The fourth-order valence-corrected chi connectivity index (χ4v) is 3.82. The van der Waals surface area contributed by atoms with E-state index in [1.54, 1.807) is 30.9 Å². The van der Waals surface area contributed by atoms with Crippen LogP contribution in [0.4, 0.5) is 5.69 Å². The summed E-state index contributed by atoms with van der Waals surface area (Å²) in [6.07, 6.45) is 1.28. The van der Waals surface area contributed by atoms with E-state index >= 15 is 0 Å². The fraction of sp³-hybridized carbons (Fsp3) is 0.440. The Balaban J connectivity index is 2.03. The van der Waals surface area contributed by atoms with Gasteiger partial charge in [-0.15, -0.1) is 0 Å². The van der Waals surface area contributed by atoms with Crippen molar-refractivity contribution in [3.63, 3.8) is 0 Å². The third-order valence-corrected chi connectivity index (χ3v) is 5.56. The number of methoxy groups -OCH3 is 1. The molecule has 188 valence electrons. The average Bonchev–Trinajstić information content (AvgIpc) is 3.22. The molecule has 1 aromatic heterocycles. The lowest BCUT2D eigenvalue weighted by Gasteiger charge is -2.25. The van der Waals surface area contributed by atoms with E-state index in [4.69, 9.17) is 18.6 Å². The molecule has 1 fully saturated rings. The first-order chi connectivity index (χ1) is 16.8. The third kappa shape index (κ3) is 6.07. The number of carbonyl (C=O) groups excluding carboxylic acids is 4. The van der Waals surface area contributed by atoms with Crippen LogP contribution in [0.3, 0.4) is 0 Å². The molecule has 1 aromatic carbocycles. The van der Waals surface area contributed by atoms with Crippen LogP contribution in [0.1, 0.15) is 49.7 Å². The van der Waals surface area contributed by atoms with Gasteiger partial charge >= 0.3 is 5.97 Å². The molecule has 10 nitrogen and oxygen atoms in total. The van der Waals surface area contributed by atoms with E-state index in [1.165, 1.54) is 20.1 Å². The molecule has 1 aliphatic heterocycles. The highest BCUT2D eigenvalue weighted by Crippen LogP contribution is 2.41. The van der Waals surface area contributed by atoms with Gasteiger partial charge in [-0.2, -0.15) is 0 Å². The maximum Gasteiger partial charge on any atom is 0.306 e. The van der Waals surface area contributed by atoms with Crippen LogP contribution in [0.15, 0.2) is 22.6 Å². The monoisotopic (exact) mass is 486 g/mol. The molecule has 0 unspecified atom stereocenters. The minimum absolute atomic E-state index is 0.0532. The number of benzene rings is 1. The quantitative estimate of drug-likeness (QED) is 0.326. The standard InChI is InChI=1S/C25H30N2O8/c1-5-34-21(31)9-8-19(29)26-23-22-17(15(2)14-20(30)27-10-12-33-13-11-27)6-7-18(32-4)25(22)35-24(23)16(3)28/h6-7,14H,5,8-13H2,1-4H3,(H,26,29)/b15-14+. The van der Waals surface area contributed by atoms with Gasteiger partial charge in [0.1, 0.15) is 0 Å². The summed E-state index contributed by atoms with van der Waals surface area (Å²) in [6.45, 7) is 6.97. The van der Waals surface area contributed by atoms with Crippen molar-refractivity contribution in [2.45, 2.75) is 33.6 Å². The highest BCUT2D eigenvalue weighted by atomic mass is 16.5. The van der Waals surface area contributed by atoms with E-state index < -0.39 is 17.7 Å². The van der Waals surface area contributed by atoms with E-state index in [1.807, 2.05) is 0 Å². The van der Waals surface area contributed by atoms with Gasteiger partial charge in [-0.05, 0) is 31.1 Å². The molecule has 0 bridgehead atoms. The second-order valence-electron chi connectivity index (χ2n) is 8.00. The minimum Gasteiger partial charge on any atom is -0.493 e. The molecular formula is C25H30N2O8. The van der Waals surface area contributed by atoms with Crippen molar-refractivity contribution < 1.29 is 37.8 Å². The summed E-state index contributed by atoms with van der Waals surface area (Å²) in [5.74, 6) is -1.23. The molecule has 10 heteroatoms. The zero-order chi connectivity index (χ0) is 25.5. The minimum atomic E-state index is -0.491. The van der Waals surface area contributed by atoms with Crippen LogP contribution in [0, 0.1) is 0 Å². The molecule has 2 aromatic rings. The molecule has 1 N–H and O–H groups in total. The average molecular weight is 487 g/mol.